The van der Waals surface area contributed by atoms with E-state index < -0.39 is 0 Å². The largest absolute Gasteiger partial charge is 0.482 e. The van der Waals surface area contributed by atoms with Crippen LogP contribution in [0.2, 0.25) is 0 Å². The van der Waals surface area contributed by atoms with Gasteiger partial charge in [-0.2, -0.15) is 5.26 Å². The summed E-state index contributed by atoms with van der Waals surface area (Å²) in [5, 5.41) is 14.9. The van der Waals surface area contributed by atoms with E-state index in [1.807, 2.05) is 17.5 Å². The number of anilines is 2. The van der Waals surface area contributed by atoms with E-state index in [0.29, 0.717) is 22.0 Å². The first-order chi connectivity index (χ1) is 14.6. The van der Waals surface area contributed by atoms with Crippen molar-refractivity contribution in [3.8, 4) is 23.1 Å². The van der Waals surface area contributed by atoms with Crippen LogP contribution in [0.3, 0.4) is 0 Å². The lowest BCUT2D eigenvalue weighted by Gasteiger charge is -2.29. The van der Waals surface area contributed by atoms with Crippen LogP contribution in [0.15, 0.2) is 29.1 Å². The van der Waals surface area contributed by atoms with E-state index in [1.165, 1.54) is 32.5 Å². The van der Waals surface area contributed by atoms with Crippen molar-refractivity contribution in [2.75, 3.05) is 23.4 Å². The Kier molecular flexibility index (Phi) is 4.73. The molecule has 30 heavy (non-hydrogen) atoms. The van der Waals surface area contributed by atoms with Crippen LogP contribution < -0.4 is 15.0 Å². The number of thiophene rings is 1. The van der Waals surface area contributed by atoms with E-state index >= 15 is 0 Å². The van der Waals surface area contributed by atoms with Gasteiger partial charge in [0, 0.05) is 15.8 Å². The summed E-state index contributed by atoms with van der Waals surface area (Å²) in [4.78, 5) is 32.2. The van der Waals surface area contributed by atoms with Crippen LogP contribution in [0.1, 0.15) is 22.4 Å². The van der Waals surface area contributed by atoms with Crippen molar-refractivity contribution in [1.82, 2.24) is 4.98 Å². The van der Waals surface area contributed by atoms with Crippen LogP contribution >= 0.6 is 22.7 Å². The lowest BCUT2D eigenvalue weighted by Crippen LogP contribution is -2.43. The number of fused-ring (bicyclic) bond motifs is 2. The van der Waals surface area contributed by atoms with Crippen LogP contribution in [0, 0.1) is 11.3 Å². The fourth-order valence-corrected chi connectivity index (χ4v) is 5.63. The maximum Gasteiger partial charge on any atom is 0.265 e. The molecule has 3 heterocycles. The molecule has 0 unspecified atom stereocenters. The summed E-state index contributed by atoms with van der Waals surface area (Å²) in [6, 6.07) is 7.71. The van der Waals surface area contributed by atoms with Crippen molar-refractivity contribution < 1.29 is 14.3 Å². The molecule has 2 aliphatic rings. The van der Waals surface area contributed by atoms with Crippen LogP contribution in [0.25, 0.3) is 11.3 Å². The second kappa shape index (κ2) is 7.55. The Morgan fingerprint density at radius 2 is 2.27 bits per heavy atom. The summed E-state index contributed by atoms with van der Waals surface area (Å²) in [6.45, 7) is -0.268. The third-order valence-corrected chi connectivity index (χ3v) is 7.01. The van der Waals surface area contributed by atoms with Gasteiger partial charge in [-0.05, 0) is 43.0 Å². The number of nitrogens with one attached hydrogen (secondary N) is 1. The number of amides is 2. The molecule has 1 aliphatic carbocycles. The molecule has 0 spiro atoms. The molecular weight excluding hydrogens is 420 g/mol. The fraction of sp³-hybridized carbons (Fsp3) is 0.238. The predicted molar refractivity (Wildman–Crippen MR) is 115 cm³/mol. The molecule has 0 atom stereocenters. The van der Waals surface area contributed by atoms with Crippen LogP contribution in [-0.4, -0.2) is 29.9 Å². The molecule has 0 saturated carbocycles. The molecule has 2 aromatic heterocycles. The predicted octanol–water partition coefficient (Wildman–Crippen LogP) is 3.60. The highest BCUT2D eigenvalue weighted by atomic mass is 32.1. The van der Waals surface area contributed by atoms with Crippen molar-refractivity contribution >= 4 is 45.2 Å². The Morgan fingerprint density at radius 1 is 1.37 bits per heavy atom. The molecule has 1 aliphatic heterocycles. The number of ether oxygens (including phenoxy) is 1. The van der Waals surface area contributed by atoms with Gasteiger partial charge >= 0.3 is 0 Å². The zero-order valence-electron chi connectivity index (χ0n) is 15.8. The highest BCUT2D eigenvalue weighted by Gasteiger charge is 2.29. The maximum atomic E-state index is 12.8. The third kappa shape index (κ3) is 3.24. The fourth-order valence-electron chi connectivity index (χ4n) is 3.81. The molecule has 0 fully saturated rings. The normalized spacial score (nSPS) is 14.6. The molecule has 2 amide bonds. The number of rotatable bonds is 4. The number of benzene rings is 1. The van der Waals surface area contributed by atoms with Gasteiger partial charge in [0.2, 0.25) is 5.91 Å². The number of carbonyl (C=O) groups is 2. The highest BCUT2D eigenvalue weighted by Crippen LogP contribution is 2.39. The Morgan fingerprint density at radius 3 is 3.07 bits per heavy atom. The summed E-state index contributed by atoms with van der Waals surface area (Å²) in [7, 11) is 0. The van der Waals surface area contributed by atoms with Gasteiger partial charge < -0.3 is 10.1 Å². The first-order valence-electron chi connectivity index (χ1n) is 9.44. The van der Waals surface area contributed by atoms with Gasteiger partial charge in [-0.1, -0.05) is 0 Å². The lowest BCUT2D eigenvalue weighted by atomic mass is 10.1. The number of aromatic nitrogens is 1. The minimum Gasteiger partial charge on any atom is -0.482 e. The summed E-state index contributed by atoms with van der Waals surface area (Å²) in [6.07, 6.45) is 2.86. The maximum absolute atomic E-state index is 12.8. The minimum atomic E-state index is -0.341. The zero-order chi connectivity index (χ0) is 20.7. The van der Waals surface area contributed by atoms with Crippen LogP contribution in [-0.2, 0) is 22.4 Å². The van der Waals surface area contributed by atoms with E-state index in [1.54, 1.807) is 11.6 Å². The molecule has 0 radical (unpaired) electrons. The Balaban J connectivity index is 1.40. The lowest BCUT2D eigenvalue weighted by molar-refractivity contribution is -0.123. The molecule has 0 bridgehead atoms. The average molecular weight is 437 g/mol. The SMILES string of the molecule is N#Cc1c(NC(=O)CN2C(=O)COc3ccc(-c4cscn4)cc32)sc2c1CCC2. The standard InChI is InChI=1S/C21H16N4O3S2/c22-7-14-13-2-1-3-18(13)30-21(14)24-19(26)8-25-16-6-12(15-10-29-11-23-15)4-5-17(16)28-9-20(25)27/h4-6,10-11H,1-3,8-9H2,(H,24,26). The quantitative estimate of drug-likeness (QED) is 0.674. The molecule has 5 rings (SSSR count). The first kappa shape index (κ1) is 18.8. The van der Waals surface area contributed by atoms with E-state index in [2.05, 4.69) is 16.4 Å². The summed E-state index contributed by atoms with van der Waals surface area (Å²) >= 11 is 2.95. The minimum absolute atomic E-state index is 0.118. The number of hydrogen-bond acceptors (Lipinski definition) is 7. The van der Waals surface area contributed by atoms with Gasteiger partial charge in [0.25, 0.3) is 5.91 Å². The van der Waals surface area contributed by atoms with Gasteiger partial charge in [0.15, 0.2) is 6.61 Å². The van der Waals surface area contributed by atoms with E-state index in [4.69, 9.17) is 4.74 Å². The number of carbonyl (C=O) groups excluding carboxylic acids is 2. The van der Waals surface area contributed by atoms with E-state index in [9.17, 15) is 14.9 Å². The second-order valence-electron chi connectivity index (χ2n) is 7.05. The Bertz CT molecular complexity index is 1190. The molecule has 9 heteroatoms. The number of nitriles is 1. The van der Waals surface area contributed by atoms with Crippen molar-refractivity contribution in [3.63, 3.8) is 0 Å². The van der Waals surface area contributed by atoms with Crippen molar-refractivity contribution in [1.29, 1.82) is 5.26 Å². The summed E-state index contributed by atoms with van der Waals surface area (Å²) in [5.41, 5.74) is 5.55. The molecule has 1 N–H and O–H groups in total. The van der Waals surface area contributed by atoms with Gasteiger partial charge in [-0.25, -0.2) is 4.98 Å². The number of hydrogen-bond donors (Lipinski definition) is 1. The van der Waals surface area contributed by atoms with Gasteiger partial charge in [0.05, 0.1) is 22.5 Å². The molecule has 0 saturated heterocycles. The van der Waals surface area contributed by atoms with Crippen molar-refractivity contribution in [2.24, 2.45) is 0 Å². The second-order valence-corrected chi connectivity index (χ2v) is 8.87. The van der Waals surface area contributed by atoms with Gasteiger partial charge in [-0.15, -0.1) is 22.7 Å². The molecule has 1 aromatic carbocycles. The molecular formula is C21H16N4O3S2. The average Bonchev–Trinajstić information content (AvgIpc) is 3.47. The number of aryl methyl sites for hydroxylation is 1. The monoisotopic (exact) mass is 436 g/mol. The third-order valence-electron chi connectivity index (χ3n) is 5.22. The summed E-state index contributed by atoms with van der Waals surface area (Å²) < 4.78 is 5.53. The summed E-state index contributed by atoms with van der Waals surface area (Å²) in [5.74, 6) is -0.0804. The number of nitrogens with zero attached hydrogens (tertiary/aromatic N) is 3. The topological polar surface area (TPSA) is 95.3 Å². The van der Waals surface area contributed by atoms with Crippen molar-refractivity contribution in [3.05, 3.63) is 45.1 Å². The van der Waals surface area contributed by atoms with Crippen LogP contribution in [0.4, 0.5) is 10.7 Å². The van der Waals surface area contributed by atoms with Gasteiger partial charge in [0.1, 0.15) is 23.4 Å². The van der Waals surface area contributed by atoms with E-state index in [-0.39, 0.29) is 25.0 Å². The van der Waals surface area contributed by atoms with E-state index in [0.717, 1.165) is 36.1 Å². The Hall–Kier alpha value is -3.22. The number of thiazole rings is 1. The molecule has 3 aromatic rings. The smallest absolute Gasteiger partial charge is 0.265 e. The Labute approximate surface area is 180 Å². The van der Waals surface area contributed by atoms with Gasteiger partial charge in [-0.3, -0.25) is 14.5 Å². The van der Waals surface area contributed by atoms with Crippen LogP contribution in [0.5, 0.6) is 5.75 Å². The first-order valence-corrected chi connectivity index (χ1v) is 11.2. The highest BCUT2D eigenvalue weighted by molar-refractivity contribution is 7.16. The van der Waals surface area contributed by atoms with Crippen molar-refractivity contribution in [2.45, 2.75) is 19.3 Å². The molecule has 7 nitrogen and oxygen atoms in total. The zero-order valence-corrected chi connectivity index (χ0v) is 17.4. The molecule has 150 valence electrons.